The van der Waals surface area contributed by atoms with Crippen molar-refractivity contribution in [2.24, 2.45) is 0 Å². The summed E-state index contributed by atoms with van der Waals surface area (Å²) in [6.45, 7) is 0. The maximum Gasteiger partial charge on any atom is 0.359 e. The van der Waals surface area contributed by atoms with Crippen LogP contribution in [0, 0.1) is 0 Å². The van der Waals surface area contributed by atoms with E-state index in [1.54, 1.807) is 14.2 Å². The molecule has 1 aliphatic carbocycles. The molecule has 0 saturated heterocycles. The van der Waals surface area contributed by atoms with Crippen molar-refractivity contribution in [1.82, 2.24) is 10.2 Å². The van der Waals surface area contributed by atoms with Crippen molar-refractivity contribution in [2.45, 2.75) is 11.8 Å². The topological polar surface area (TPSA) is 73.4 Å². The fourth-order valence-electron chi connectivity index (χ4n) is 3.93. The number of fused-ring (bicyclic) bond motifs is 1. The van der Waals surface area contributed by atoms with E-state index in [1.165, 1.54) is 7.11 Å². The molecule has 0 radical (unpaired) electrons. The number of rotatable bonds is 5. The summed E-state index contributed by atoms with van der Waals surface area (Å²) in [7, 11) is 4.60. The van der Waals surface area contributed by atoms with E-state index in [0.29, 0.717) is 23.6 Å². The lowest BCUT2D eigenvalue weighted by Crippen LogP contribution is -2.30. The average molecular weight is 390 g/mol. The number of ether oxygens (including phenoxy) is 3. The van der Waals surface area contributed by atoms with Crippen molar-refractivity contribution in [3.63, 3.8) is 0 Å². The molecular weight excluding hydrogens is 368 g/mol. The standard InChI is InChI=1S/C23H22N2O4/c1-27-19-10-9-16(13-20(19)28-2)23(15-7-5-4-6-8-15)12-11-17-18(14-23)24-25-21(17)22(26)29-3/h4-13H,14H2,1-3H3,(H,24,25). The van der Waals surface area contributed by atoms with Gasteiger partial charge in [-0.1, -0.05) is 48.6 Å². The van der Waals surface area contributed by atoms with Crippen molar-refractivity contribution in [3.8, 4) is 11.5 Å². The predicted molar refractivity (Wildman–Crippen MR) is 109 cm³/mol. The number of methoxy groups -OCH3 is 3. The first-order chi connectivity index (χ1) is 14.1. The second-order valence-corrected chi connectivity index (χ2v) is 6.87. The third-order valence-electron chi connectivity index (χ3n) is 5.44. The number of H-pyrrole nitrogens is 1. The maximum absolute atomic E-state index is 12.0. The Morgan fingerprint density at radius 1 is 1.00 bits per heavy atom. The molecule has 148 valence electrons. The molecule has 6 heteroatoms. The molecule has 0 spiro atoms. The van der Waals surface area contributed by atoms with Crippen LogP contribution in [0.25, 0.3) is 6.08 Å². The van der Waals surface area contributed by atoms with Gasteiger partial charge >= 0.3 is 5.97 Å². The minimum atomic E-state index is -0.453. The van der Waals surface area contributed by atoms with Crippen LogP contribution in [0.3, 0.4) is 0 Å². The fraction of sp³-hybridized carbons (Fsp3) is 0.217. The highest BCUT2D eigenvalue weighted by Gasteiger charge is 2.37. The summed E-state index contributed by atoms with van der Waals surface area (Å²) < 4.78 is 15.8. The third-order valence-corrected chi connectivity index (χ3v) is 5.44. The number of aromatic amines is 1. The Labute approximate surface area is 169 Å². The van der Waals surface area contributed by atoms with Gasteiger partial charge < -0.3 is 14.2 Å². The molecule has 1 unspecified atom stereocenters. The van der Waals surface area contributed by atoms with Crippen molar-refractivity contribution >= 4 is 12.0 Å². The SMILES string of the molecule is COC(=O)c1n[nH]c2c1C=CC(c1ccccc1)(c1ccc(OC)c(OC)c1)C2. The number of carbonyl (C=O) groups is 1. The predicted octanol–water partition coefficient (Wildman–Crippen LogP) is 3.77. The van der Waals surface area contributed by atoms with E-state index in [1.807, 2.05) is 42.5 Å². The molecule has 1 heterocycles. The first-order valence-electron chi connectivity index (χ1n) is 9.25. The quantitative estimate of drug-likeness (QED) is 0.672. The summed E-state index contributed by atoms with van der Waals surface area (Å²) >= 11 is 0. The maximum atomic E-state index is 12.0. The van der Waals surface area contributed by atoms with Gasteiger partial charge in [-0.25, -0.2) is 4.79 Å². The van der Waals surface area contributed by atoms with Crippen LogP contribution >= 0.6 is 0 Å². The molecule has 1 atom stereocenters. The molecule has 1 aliphatic rings. The monoisotopic (exact) mass is 390 g/mol. The van der Waals surface area contributed by atoms with E-state index in [0.717, 1.165) is 22.4 Å². The van der Waals surface area contributed by atoms with Gasteiger partial charge in [0.2, 0.25) is 0 Å². The number of aromatic nitrogens is 2. The third kappa shape index (κ3) is 3.06. The lowest BCUT2D eigenvalue weighted by Gasteiger charge is -2.34. The highest BCUT2D eigenvalue weighted by molar-refractivity contribution is 5.92. The van der Waals surface area contributed by atoms with E-state index in [9.17, 15) is 4.79 Å². The molecule has 0 amide bonds. The number of hydrogen-bond acceptors (Lipinski definition) is 5. The number of hydrogen-bond donors (Lipinski definition) is 1. The van der Waals surface area contributed by atoms with Crippen molar-refractivity contribution in [2.75, 3.05) is 21.3 Å². The van der Waals surface area contributed by atoms with Crippen LogP contribution in [-0.2, 0) is 16.6 Å². The molecule has 6 nitrogen and oxygen atoms in total. The number of nitrogens with one attached hydrogen (secondary N) is 1. The van der Waals surface area contributed by atoms with Gasteiger partial charge in [0.05, 0.1) is 21.3 Å². The highest BCUT2D eigenvalue weighted by atomic mass is 16.5. The van der Waals surface area contributed by atoms with Gasteiger partial charge in [0.1, 0.15) is 0 Å². The highest BCUT2D eigenvalue weighted by Crippen LogP contribution is 2.44. The molecule has 0 aliphatic heterocycles. The number of allylic oxidation sites excluding steroid dienone is 1. The second-order valence-electron chi connectivity index (χ2n) is 6.87. The Kier molecular flexibility index (Phi) is 4.84. The first-order valence-corrected chi connectivity index (χ1v) is 9.25. The van der Waals surface area contributed by atoms with Crippen LogP contribution in [0.15, 0.2) is 54.6 Å². The molecule has 0 bridgehead atoms. The zero-order valence-corrected chi connectivity index (χ0v) is 16.6. The van der Waals surface area contributed by atoms with Gasteiger partial charge in [0.15, 0.2) is 17.2 Å². The average Bonchev–Trinajstić information content (AvgIpc) is 3.21. The largest absolute Gasteiger partial charge is 0.493 e. The fourth-order valence-corrected chi connectivity index (χ4v) is 3.93. The number of esters is 1. The molecular formula is C23H22N2O4. The van der Waals surface area contributed by atoms with E-state index in [4.69, 9.17) is 14.2 Å². The van der Waals surface area contributed by atoms with Gasteiger partial charge in [-0.05, 0) is 23.3 Å². The van der Waals surface area contributed by atoms with Gasteiger partial charge in [-0.2, -0.15) is 5.10 Å². The van der Waals surface area contributed by atoms with Crippen LogP contribution < -0.4 is 9.47 Å². The van der Waals surface area contributed by atoms with Crippen molar-refractivity contribution in [3.05, 3.63) is 82.7 Å². The normalized spacial score (nSPS) is 17.5. The van der Waals surface area contributed by atoms with Crippen LogP contribution in [-0.4, -0.2) is 37.5 Å². The second kappa shape index (κ2) is 7.47. The summed E-state index contributed by atoms with van der Waals surface area (Å²) in [6, 6.07) is 16.2. The molecule has 0 saturated carbocycles. The Bertz CT molecular complexity index is 1070. The summed E-state index contributed by atoms with van der Waals surface area (Å²) in [5.41, 5.74) is 3.68. The zero-order chi connectivity index (χ0) is 20.4. The van der Waals surface area contributed by atoms with E-state index >= 15 is 0 Å². The Balaban J connectivity index is 1.88. The Hall–Kier alpha value is -3.54. The van der Waals surface area contributed by atoms with Crippen molar-refractivity contribution < 1.29 is 19.0 Å². The van der Waals surface area contributed by atoms with Gasteiger partial charge in [0, 0.05) is 23.1 Å². The van der Waals surface area contributed by atoms with Crippen LogP contribution in [0.2, 0.25) is 0 Å². The van der Waals surface area contributed by atoms with E-state index in [-0.39, 0.29) is 0 Å². The molecule has 4 rings (SSSR count). The molecule has 1 N–H and O–H groups in total. The summed E-state index contributed by atoms with van der Waals surface area (Å²) in [5, 5.41) is 7.22. The molecule has 29 heavy (non-hydrogen) atoms. The number of nitrogens with zero attached hydrogens (tertiary/aromatic N) is 1. The van der Waals surface area contributed by atoms with Crippen LogP contribution in [0.4, 0.5) is 0 Å². The molecule has 1 aromatic heterocycles. The van der Waals surface area contributed by atoms with E-state index < -0.39 is 11.4 Å². The lowest BCUT2D eigenvalue weighted by molar-refractivity contribution is 0.0593. The lowest BCUT2D eigenvalue weighted by atomic mass is 9.68. The van der Waals surface area contributed by atoms with Gasteiger partial charge in [-0.15, -0.1) is 0 Å². The molecule has 0 fully saturated rings. The van der Waals surface area contributed by atoms with Gasteiger partial charge in [0.25, 0.3) is 0 Å². The smallest absolute Gasteiger partial charge is 0.359 e. The number of benzene rings is 2. The Morgan fingerprint density at radius 2 is 1.76 bits per heavy atom. The van der Waals surface area contributed by atoms with Crippen molar-refractivity contribution in [1.29, 1.82) is 0 Å². The number of carbonyl (C=O) groups excluding carboxylic acids is 1. The van der Waals surface area contributed by atoms with Crippen LogP contribution in [0.1, 0.15) is 32.9 Å². The summed E-state index contributed by atoms with van der Waals surface area (Å²) in [4.78, 5) is 12.0. The summed E-state index contributed by atoms with van der Waals surface area (Å²) in [6.07, 6.45) is 4.68. The minimum absolute atomic E-state index is 0.299. The first kappa shape index (κ1) is 18.8. The zero-order valence-electron chi connectivity index (χ0n) is 16.6. The molecule has 2 aromatic carbocycles. The van der Waals surface area contributed by atoms with Crippen LogP contribution in [0.5, 0.6) is 11.5 Å². The minimum Gasteiger partial charge on any atom is -0.493 e. The van der Waals surface area contributed by atoms with E-state index in [2.05, 4.69) is 28.4 Å². The summed E-state index contributed by atoms with van der Waals surface area (Å²) in [5.74, 6) is 0.888. The Morgan fingerprint density at radius 3 is 2.45 bits per heavy atom. The molecule has 3 aromatic rings. The van der Waals surface area contributed by atoms with Gasteiger partial charge in [-0.3, -0.25) is 5.10 Å².